The summed E-state index contributed by atoms with van der Waals surface area (Å²) in [5.41, 5.74) is -0.454. The summed E-state index contributed by atoms with van der Waals surface area (Å²) in [7, 11) is 0. The van der Waals surface area contributed by atoms with Crippen LogP contribution in [-0.4, -0.2) is 16.3 Å². The summed E-state index contributed by atoms with van der Waals surface area (Å²) < 4.78 is 20.2. The van der Waals surface area contributed by atoms with Gasteiger partial charge in [0.25, 0.3) is 0 Å². The Hall–Kier alpha value is -1.55. The molecule has 1 aromatic carbocycles. The standard InChI is InChI=1S/C13H13ClFNO2/c1-13(2,3)18-12(17)16-5-4-8-6-9(14)7-10(15)11(8)16/h4-7H,1-3H3. The highest BCUT2D eigenvalue weighted by Gasteiger charge is 2.20. The molecule has 0 saturated carbocycles. The maximum absolute atomic E-state index is 13.8. The fourth-order valence-corrected chi connectivity index (χ4v) is 1.87. The molecule has 0 N–H and O–H groups in total. The summed E-state index contributed by atoms with van der Waals surface area (Å²) in [4.78, 5) is 11.9. The number of hydrogen-bond acceptors (Lipinski definition) is 2. The zero-order chi connectivity index (χ0) is 13.5. The molecule has 0 aliphatic heterocycles. The second-order valence-corrected chi connectivity index (χ2v) is 5.43. The summed E-state index contributed by atoms with van der Waals surface area (Å²) in [6, 6.07) is 4.39. The predicted octanol–water partition coefficient (Wildman–Crippen LogP) is 4.22. The average molecular weight is 270 g/mol. The molecule has 0 atom stereocenters. The highest BCUT2D eigenvalue weighted by Crippen LogP contribution is 2.24. The number of rotatable bonds is 0. The molecule has 0 unspecified atom stereocenters. The minimum Gasteiger partial charge on any atom is -0.443 e. The van der Waals surface area contributed by atoms with Crippen LogP contribution in [0.25, 0.3) is 10.9 Å². The Morgan fingerprint density at radius 3 is 2.67 bits per heavy atom. The lowest BCUT2D eigenvalue weighted by molar-refractivity contribution is 0.0543. The molecule has 0 fully saturated rings. The van der Waals surface area contributed by atoms with Gasteiger partial charge in [-0.05, 0) is 39.0 Å². The molecule has 1 heterocycles. The SMILES string of the molecule is CC(C)(C)OC(=O)n1ccc2cc(Cl)cc(F)c21. The molecule has 0 radical (unpaired) electrons. The van der Waals surface area contributed by atoms with Gasteiger partial charge < -0.3 is 4.74 Å². The van der Waals surface area contributed by atoms with Gasteiger partial charge >= 0.3 is 6.09 Å². The van der Waals surface area contributed by atoms with Crippen molar-refractivity contribution in [2.75, 3.05) is 0 Å². The van der Waals surface area contributed by atoms with Crippen LogP contribution >= 0.6 is 11.6 Å². The maximum Gasteiger partial charge on any atom is 0.419 e. The molecule has 2 rings (SSSR count). The molecule has 1 aromatic heterocycles. The van der Waals surface area contributed by atoms with E-state index in [0.717, 1.165) is 4.57 Å². The van der Waals surface area contributed by atoms with E-state index in [2.05, 4.69) is 0 Å². The third-order valence-corrected chi connectivity index (χ3v) is 2.51. The number of ether oxygens (including phenoxy) is 1. The van der Waals surface area contributed by atoms with E-state index in [1.165, 1.54) is 12.3 Å². The summed E-state index contributed by atoms with van der Waals surface area (Å²) in [6.07, 6.45) is 0.858. The third-order valence-electron chi connectivity index (χ3n) is 2.29. The van der Waals surface area contributed by atoms with E-state index in [9.17, 15) is 9.18 Å². The van der Waals surface area contributed by atoms with Gasteiger partial charge in [-0.15, -0.1) is 0 Å². The number of nitrogens with zero attached hydrogens (tertiary/aromatic N) is 1. The molecule has 5 heteroatoms. The Kier molecular flexibility index (Phi) is 3.07. The molecule has 0 spiro atoms. The maximum atomic E-state index is 13.8. The molecule has 0 aliphatic carbocycles. The van der Waals surface area contributed by atoms with Gasteiger partial charge in [0.2, 0.25) is 0 Å². The van der Waals surface area contributed by atoms with Crippen molar-refractivity contribution in [2.45, 2.75) is 26.4 Å². The van der Waals surface area contributed by atoms with Gasteiger partial charge in [0.15, 0.2) is 0 Å². The monoisotopic (exact) mass is 269 g/mol. The van der Waals surface area contributed by atoms with Crippen LogP contribution in [0.5, 0.6) is 0 Å². The lowest BCUT2D eigenvalue weighted by atomic mass is 10.2. The zero-order valence-electron chi connectivity index (χ0n) is 10.3. The van der Waals surface area contributed by atoms with Gasteiger partial charge in [0.05, 0.1) is 5.52 Å². The van der Waals surface area contributed by atoms with Gasteiger partial charge in [-0.1, -0.05) is 11.6 Å². The van der Waals surface area contributed by atoms with Crippen molar-refractivity contribution in [1.29, 1.82) is 0 Å². The number of benzene rings is 1. The Morgan fingerprint density at radius 2 is 2.06 bits per heavy atom. The van der Waals surface area contributed by atoms with Crippen LogP contribution in [0.15, 0.2) is 24.4 Å². The minimum atomic E-state index is -0.628. The Balaban J connectivity index is 2.50. The first-order chi connectivity index (χ1) is 8.28. The van der Waals surface area contributed by atoms with Crippen LogP contribution in [0.4, 0.5) is 9.18 Å². The van der Waals surface area contributed by atoms with E-state index in [1.807, 2.05) is 0 Å². The van der Waals surface area contributed by atoms with Crippen molar-refractivity contribution in [3.8, 4) is 0 Å². The summed E-state index contributed by atoms with van der Waals surface area (Å²) >= 11 is 5.75. The number of hydrogen-bond donors (Lipinski definition) is 0. The summed E-state index contributed by atoms with van der Waals surface area (Å²) in [6.45, 7) is 5.26. The zero-order valence-corrected chi connectivity index (χ0v) is 11.1. The summed E-state index contributed by atoms with van der Waals surface area (Å²) in [5, 5.41) is 0.854. The van der Waals surface area contributed by atoms with Gasteiger partial charge in [0, 0.05) is 16.6 Å². The molecule has 18 heavy (non-hydrogen) atoms. The second-order valence-electron chi connectivity index (χ2n) is 4.99. The van der Waals surface area contributed by atoms with Crippen molar-refractivity contribution >= 4 is 28.6 Å². The largest absolute Gasteiger partial charge is 0.443 e. The molecule has 0 amide bonds. The number of carbonyl (C=O) groups excluding carboxylic acids is 1. The van der Waals surface area contributed by atoms with Crippen LogP contribution in [0.1, 0.15) is 20.8 Å². The smallest absolute Gasteiger partial charge is 0.419 e. The van der Waals surface area contributed by atoms with Crippen molar-refractivity contribution < 1.29 is 13.9 Å². The van der Waals surface area contributed by atoms with E-state index in [1.54, 1.807) is 32.9 Å². The van der Waals surface area contributed by atoms with E-state index in [0.29, 0.717) is 10.4 Å². The quantitative estimate of drug-likeness (QED) is 0.717. The highest BCUT2D eigenvalue weighted by atomic mass is 35.5. The van der Waals surface area contributed by atoms with Gasteiger partial charge in [-0.3, -0.25) is 0 Å². The van der Waals surface area contributed by atoms with Crippen LogP contribution in [0.2, 0.25) is 5.02 Å². The van der Waals surface area contributed by atoms with Crippen LogP contribution in [0.3, 0.4) is 0 Å². The van der Waals surface area contributed by atoms with Crippen LogP contribution in [0, 0.1) is 5.82 Å². The molecular weight excluding hydrogens is 257 g/mol. The normalized spacial score (nSPS) is 11.8. The molecule has 0 aliphatic rings. The molecule has 2 aromatic rings. The van der Waals surface area contributed by atoms with Crippen molar-refractivity contribution in [2.24, 2.45) is 0 Å². The Bertz CT molecular complexity index is 613. The fourth-order valence-electron chi connectivity index (χ4n) is 1.66. The lowest BCUT2D eigenvalue weighted by Gasteiger charge is -2.19. The van der Waals surface area contributed by atoms with Crippen molar-refractivity contribution in [3.05, 3.63) is 35.2 Å². The first kappa shape index (κ1) is 12.9. The Labute approximate surface area is 109 Å². The predicted molar refractivity (Wildman–Crippen MR) is 68.5 cm³/mol. The lowest BCUT2D eigenvalue weighted by Crippen LogP contribution is -2.26. The average Bonchev–Trinajstić information content (AvgIpc) is 2.58. The van der Waals surface area contributed by atoms with Gasteiger partial charge in [-0.25, -0.2) is 13.8 Å². The molecule has 0 bridgehead atoms. The van der Waals surface area contributed by atoms with E-state index in [-0.39, 0.29) is 5.52 Å². The summed E-state index contributed by atoms with van der Waals surface area (Å²) in [5.74, 6) is -0.548. The molecule has 0 saturated heterocycles. The molecule has 3 nitrogen and oxygen atoms in total. The van der Waals surface area contributed by atoms with E-state index < -0.39 is 17.5 Å². The third kappa shape index (κ3) is 2.48. The van der Waals surface area contributed by atoms with Crippen molar-refractivity contribution in [3.63, 3.8) is 0 Å². The topological polar surface area (TPSA) is 31.2 Å². The van der Waals surface area contributed by atoms with Crippen LogP contribution < -0.4 is 0 Å². The second kappa shape index (κ2) is 4.28. The first-order valence-corrected chi connectivity index (χ1v) is 5.85. The van der Waals surface area contributed by atoms with Crippen molar-refractivity contribution in [1.82, 2.24) is 4.57 Å². The minimum absolute atomic E-state index is 0.175. The number of halogens is 2. The molecule has 96 valence electrons. The Morgan fingerprint density at radius 1 is 1.39 bits per heavy atom. The van der Waals surface area contributed by atoms with Gasteiger partial charge in [0.1, 0.15) is 11.4 Å². The number of carbonyl (C=O) groups is 1. The first-order valence-electron chi connectivity index (χ1n) is 5.47. The van der Waals surface area contributed by atoms with E-state index in [4.69, 9.17) is 16.3 Å². The highest BCUT2D eigenvalue weighted by molar-refractivity contribution is 6.31. The number of fused-ring (bicyclic) bond motifs is 1. The van der Waals surface area contributed by atoms with E-state index >= 15 is 0 Å². The van der Waals surface area contributed by atoms with Crippen LogP contribution in [-0.2, 0) is 4.74 Å². The fraction of sp³-hybridized carbons (Fsp3) is 0.308. The van der Waals surface area contributed by atoms with Gasteiger partial charge in [-0.2, -0.15) is 0 Å². The number of aromatic nitrogens is 1. The molecular formula is C13H13ClFNO2.